The molecule has 0 saturated heterocycles. The van der Waals surface area contributed by atoms with Crippen LogP contribution in [0.1, 0.15) is 42.9 Å². The second-order valence-corrected chi connectivity index (χ2v) is 8.17. The molecule has 0 spiro atoms. The summed E-state index contributed by atoms with van der Waals surface area (Å²) in [5.74, 6) is 0. The molecular formula is C36H27IrN3O-2. The summed E-state index contributed by atoms with van der Waals surface area (Å²) in [6, 6.07) is 13.3. The summed E-state index contributed by atoms with van der Waals surface area (Å²) in [5, 5.41) is 0.895. The molecule has 41 heavy (non-hydrogen) atoms. The van der Waals surface area contributed by atoms with E-state index in [0.29, 0.717) is 16.3 Å². The van der Waals surface area contributed by atoms with Crippen molar-refractivity contribution < 1.29 is 50.6 Å². The van der Waals surface area contributed by atoms with E-state index < -0.39 is 97.5 Å². The number of furan rings is 1. The molecule has 0 bridgehead atoms. The molecule has 4 nitrogen and oxygen atoms in total. The van der Waals surface area contributed by atoms with E-state index in [2.05, 4.69) is 27.1 Å². The van der Waals surface area contributed by atoms with Crippen LogP contribution in [0, 0.1) is 32.7 Å². The van der Waals surface area contributed by atoms with Crippen molar-refractivity contribution in [3.63, 3.8) is 0 Å². The van der Waals surface area contributed by atoms with Crippen LogP contribution in [-0.4, -0.2) is 15.0 Å². The summed E-state index contributed by atoms with van der Waals surface area (Å²) in [7, 11) is 0. The van der Waals surface area contributed by atoms with Gasteiger partial charge in [-0.2, -0.15) is 0 Å². The summed E-state index contributed by atoms with van der Waals surface area (Å²) >= 11 is 0. The van der Waals surface area contributed by atoms with Crippen LogP contribution in [0.3, 0.4) is 0 Å². The van der Waals surface area contributed by atoms with E-state index in [9.17, 15) is 0 Å². The van der Waals surface area contributed by atoms with Gasteiger partial charge in [0.15, 0.2) is 0 Å². The number of benzene rings is 3. The molecule has 1 radical (unpaired) electrons. The van der Waals surface area contributed by atoms with E-state index >= 15 is 0 Å². The quantitative estimate of drug-likeness (QED) is 0.171. The number of hydrogen-bond acceptors (Lipinski definition) is 4. The molecule has 4 heterocycles. The minimum absolute atomic E-state index is 0. The third-order valence-electron chi connectivity index (χ3n) is 5.61. The van der Waals surface area contributed by atoms with Crippen LogP contribution >= 0.6 is 0 Å². The maximum Gasteiger partial charge on any atom is 0.216 e. The zero-order chi connectivity index (χ0) is 43.7. The van der Waals surface area contributed by atoms with Crippen LogP contribution < -0.4 is 0 Å². The molecule has 0 aliphatic rings. The first-order valence-corrected chi connectivity index (χ1v) is 11.6. The zero-order valence-corrected chi connectivity index (χ0v) is 23.1. The van der Waals surface area contributed by atoms with E-state index in [4.69, 9.17) is 30.5 Å². The SMILES string of the molecule is [2H]c1nc(-c2[c-]ccc3c2oc2nc(C([2H])([2H])[2H])ccc23)c([2H])c(-c2c([2H])c([2H])c([2H])c([2H])c2[2H])c1C([2H])([2H])[2H].[2H]c1nc(-c2[c-]cccc2)c([2H])c([2H])c1C([2H])([2H])[2H].[Ir]. The van der Waals surface area contributed by atoms with Crippen LogP contribution in [-0.2, 0) is 20.1 Å². The fraction of sp³-hybridized carbons (Fsp3) is 0.0833. The van der Waals surface area contributed by atoms with Crippen molar-refractivity contribution in [1.29, 1.82) is 0 Å². The Bertz CT molecular complexity index is 2770. The van der Waals surface area contributed by atoms with E-state index in [-0.39, 0.29) is 60.1 Å². The van der Waals surface area contributed by atoms with Crippen LogP contribution in [0.4, 0.5) is 0 Å². The fourth-order valence-electron chi connectivity index (χ4n) is 3.81. The molecule has 0 aliphatic heterocycles. The fourth-order valence-corrected chi connectivity index (χ4v) is 3.81. The average molecular weight is 729 g/mol. The Balaban J connectivity index is 0.000000287. The standard InChI is InChI=1S/C24H17N2O.C12H10N.Ir/c1-15-14-25-22(13-21(15)17-7-4-3-5-8-17)20-10-6-9-18-19-12-11-16(2)26-24(19)27-23(18)20;1-10-7-8-12(13-9-10)11-5-3-2-4-6-11;/h3-9,11-14H,1-2H3;2-5,7-9H,1H3;/q2*-1;/i1D3,2D3,3D,4D,5D,7D,8D,13D,14D;1D3,7D,8D,9D;. The third kappa shape index (κ3) is 6.02. The monoisotopic (exact) mass is 729 g/mol. The first kappa shape index (κ1) is 13.0. The minimum atomic E-state index is -3.03. The largest absolute Gasteiger partial charge is 0.486 e. The molecule has 0 N–H and O–H groups in total. The Labute approximate surface area is 280 Å². The molecule has 0 fully saturated rings. The predicted octanol–water partition coefficient (Wildman–Crippen LogP) is 8.98. The Hall–Kier alpha value is -4.44. The van der Waals surface area contributed by atoms with Crippen LogP contribution in [0.2, 0.25) is 0 Å². The minimum Gasteiger partial charge on any atom is -0.486 e. The number of pyridine rings is 3. The predicted molar refractivity (Wildman–Crippen MR) is 162 cm³/mol. The van der Waals surface area contributed by atoms with Crippen molar-refractivity contribution in [2.24, 2.45) is 0 Å². The Morgan fingerprint density at radius 3 is 2.51 bits per heavy atom. The summed E-state index contributed by atoms with van der Waals surface area (Å²) in [6.45, 7) is -8.14. The number of rotatable bonds is 3. The molecule has 0 saturated carbocycles. The normalized spacial score (nSPS) is 18.2. The topological polar surface area (TPSA) is 51.8 Å². The Kier molecular flexibility index (Phi) is 3.94. The summed E-state index contributed by atoms with van der Waals surface area (Å²) in [4.78, 5) is 12.0. The first-order valence-electron chi connectivity index (χ1n) is 21.1. The molecule has 0 atom stereocenters. The van der Waals surface area contributed by atoms with Gasteiger partial charge in [0.2, 0.25) is 5.71 Å². The molecule has 5 heteroatoms. The van der Waals surface area contributed by atoms with Crippen molar-refractivity contribution in [3.8, 4) is 33.6 Å². The molecule has 7 rings (SSSR count). The van der Waals surface area contributed by atoms with Gasteiger partial charge in [-0.05, 0) is 66.3 Å². The van der Waals surface area contributed by atoms with Gasteiger partial charge >= 0.3 is 0 Å². The third-order valence-corrected chi connectivity index (χ3v) is 5.61. The smallest absolute Gasteiger partial charge is 0.216 e. The number of hydrogen-bond donors (Lipinski definition) is 0. The van der Waals surface area contributed by atoms with Crippen LogP contribution in [0.15, 0.2) is 114 Å². The van der Waals surface area contributed by atoms with Crippen molar-refractivity contribution in [1.82, 2.24) is 15.0 Å². The molecule has 0 aliphatic carbocycles. The molecule has 3 aromatic carbocycles. The second kappa shape index (κ2) is 12.4. The van der Waals surface area contributed by atoms with Crippen LogP contribution in [0.25, 0.3) is 55.7 Å². The van der Waals surface area contributed by atoms with E-state index in [1.54, 1.807) is 30.3 Å². The number of fused-ring (bicyclic) bond motifs is 3. The number of nitrogens with zero attached hydrogens (tertiary/aromatic N) is 3. The van der Waals surface area contributed by atoms with Gasteiger partial charge in [-0.1, -0.05) is 59.3 Å². The van der Waals surface area contributed by atoms with E-state index in [1.165, 1.54) is 18.2 Å². The van der Waals surface area contributed by atoms with Crippen LogP contribution in [0.5, 0.6) is 0 Å². The van der Waals surface area contributed by atoms with Gasteiger partial charge in [0, 0.05) is 55.9 Å². The van der Waals surface area contributed by atoms with Gasteiger partial charge in [0.25, 0.3) is 0 Å². The maximum absolute atomic E-state index is 8.97. The van der Waals surface area contributed by atoms with Gasteiger partial charge in [-0.15, -0.1) is 54.1 Å². The second-order valence-electron chi connectivity index (χ2n) is 8.17. The Morgan fingerprint density at radius 2 is 1.71 bits per heavy atom. The molecule has 7 aromatic rings. The Morgan fingerprint density at radius 1 is 0.805 bits per heavy atom. The number of aryl methyl sites for hydroxylation is 1. The van der Waals surface area contributed by atoms with Crippen molar-refractivity contribution in [2.75, 3.05) is 0 Å². The first-order chi connectivity index (χ1) is 27.4. The summed E-state index contributed by atoms with van der Waals surface area (Å²) < 4.78 is 156. The molecule has 4 aromatic heterocycles. The van der Waals surface area contributed by atoms with Gasteiger partial charge in [-0.3, -0.25) is 0 Å². The molecule has 203 valence electrons. The summed E-state index contributed by atoms with van der Waals surface area (Å²) in [6.07, 6.45) is -1.29. The van der Waals surface area contributed by atoms with E-state index in [1.807, 2.05) is 0 Å². The van der Waals surface area contributed by atoms with Gasteiger partial charge in [0.05, 0.1) is 19.3 Å². The van der Waals surface area contributed by atoms with Crippen molar-refractivity contribution in [3.05, 3.63) is 138 Å². The molecule has 0 unspecified atom stereocenters. The average Bonchev–Trinajstić information content (AvgIpc) is 3.53. The van der Waals surface area contributed by atoms with Crippen molar-refractivity contribution in [2.45, 2.75) is 20.6 Å². The maximum atomic E-state index is 8.97. The molecular weight excluding hydrogens is 683 g/mol. The van der Waals surface area contributed by atoms with Gasteiger partial charge in [0.1, 0.15) is 0 Å². The van der Waals surface area contributed by atoms with E-state index in [0.717, 1.165) is 0 Å². The van der Waals surface area contributed by atoms with Gasteiger partial charge < -0.3 is 14.4 Å². The van der Waals surface area contributed by atoms with Gasteiger partial charge in [-0.25, -0.2) is 4.98 Å². The number of aromatic nitrogens is 3. The molecule has 0 amide bonds. The van der Waals surface area contributed by atoms with Crippen molar-refractivity contribution >= 4 is 22.1 Å². The summed E-state index contributed by atoms with van der Waals surface area (Å²) in [5.41, 5.74) is -2.23. The zero-order valence-electron chi connectivity index (χ0n) is 39.7.